The van der Waals surface area contributed by atoms with E-state index in [-0.39, 0.29) is 23.3 Å². The molecule has 2 fully saturated rings. The third-order valence-corrected chi connectivity index (χ3v) is 8.33. The van der Waals surface area contributed by atoms with Crippen LogP contribution in [0.1, 0.15) is 43.2 Å². The van der Waals surface area contributed by atoms with Gasteiger partial charge in [-0.1, -0.05) is 48.9 Å². The van der Waals surface area contributed by atoms with Gasteiger partial charge in [-0.25, -0.2) is 8.42 Å². The summed E-state index contributed by atoms with van der Waals surface area (Å²) in [5.41, 5.74) is 2.36. The second-order valence-electron chi connectivity index (χ2n) is 8.89. The van der Waals surface area contributed by atoms with Gasteiger partial charge < -0.3 is 5.32 Å². The van der Waals surface area contributed by atoms with Crippen molar-refractivity contribution in [3.8, 4) is 0 Å². The second kappa shape index (κ2) is 10.6. The van der Waals surface area contributed by atoms with Crippen LogP contribution >= 0.6 is 0 Å². The summed E-state index contributed by atoms with van der Waals surface area (Å²) in [7, 11) is -3.57. The van der Waals surface area contributed by atoms with Crippen LogP contribution in [0.4, 0.5) is 0 Å². The summed E-state index contributed by atoms with van der Waals surface area (Å²) in [5.74, 6) is -0.391. The summed E-state index contributed by atoms with van der Waals surface area (Å²) in [6, 6.07) is 16.9. The van der Waals surface area contributed by atoms with Gasteiger partial charge in [-0.3, -0.25) is 9.69 Å². The van der Waals surface area contributed by atoms with E-state index >= 15 is 0 Å². The zero-order chi connectivity index (χ0) is 22.4. The normalized spacial score (nSPS) is 20.7. The van der Waals surface area contributed by atoms with Crippen molar-refractivity contribution in [2.45, 2.75) is 50.1 Å². The van der Waals surface area contributed by atoms with E-state index in [2.05, 4.69) is 28.4 Å². The smallest absolute Gasteiger partial charge is 0.243 e. The molecule has 0 radical (unpaired) electrons. The quantitative estimate of drug-likeness (QED) is 0.695. The minimum Gasteiger partial charge on any atom is -0.352 e. The fourth-order valence-corrected chi connectivity index (χ4v) is 6.21. The Morgan fingerprint density at radius 1 is 0.906 bits per heavy atom. The molecule has 0 spiro atoms. The van der Waals surface area contributed by atoms with Crippen LogP contribution in [0.2, 0.25) is 0 Å². The van der Waals surface area contributed by atoms with Gasteiger partial charge in [0.2, 0.25) is 15.9 Å². The molecule has 7 heteroatoms. The first kappa shape index (κ1) is 23.0. The van der Waals surface area contributed by atoms with E-state index in [1.165, 1.54) is 29.1 Å². The maximum atomic E-state index is 12.9. The van der Waals surface area contributed by atoms with Crippen molar-refractivity contribution in [3.63, 3.8) is 0 Å². The number of hydrogen-bond acceptors (Lipinski definition) is 4. The number of sulfonamides is 1. The first-order valence-corrected chi connectivity index (χ1v) is 13.1. The molecule has 1 N–H and O–H groups in total. The molecule has 172 valence electrons. The zero-order valence-corrected chi connectivity index (χ0v) is 19.4. The van der Waals surface area contributed by atoms with E-state index in [4.69, 9.17) is 0 Å². The Balaban J connectivity index is 1.32. The monoisotopic (exact) mass is 455 g/mol. The highest BCUT2D eigenvalue weighted by atomic mass is 32.2. The molecule has 6 nitrogen and oxygen atoms in total. The number of hydrogen-bond donors (Lipinski definition) is 1. The van der Waals surface area contributed by atoms with E-state index in [1.807, 2.05) is 6.07 Å². The molecule has 2 aliphatic rings. The molecule has 1 amide bonds. The van der Waals surface area contributed by atoms with Crippen LogP contribution in [0, 0.1) is 5.92 Å². The largest absolute Gasteiger partial charge is 0.352 e. The van der Waals surface area contributed by atoms with Crippen LogP contribution in [-0.2, 0) is 27.9 Å². The lowest BCUT2D eigenvalue weighted by molar-refractivity contribution is -0.126. The van der Waals surface area contributed by atoms with Crippen molar-refractivity contribution in [3.05, 3.63) is 65.7 Å². The summed E-state index contributed by atoms with van der Waals surface area (Å²) in [5, 5.41) is 3.04. The van der Waals surface area contributed by atoms with E-state index < -0.39 is 10.0 Å². The molecule has 0 aliphatic carbocycles. The standard InChI is InChI=1S/C25H33N3O3S/c29-25(23-11-8-16-28(20-23)32(30,31)24-12-3-1-4-13-24)26-18-21-9-7-10-22(17-21)19-27-14-5-2-6-15-27/h1,3-4,7,9-10,12-13,17,23H,2,5-6,8,11,14-16,18-20H2,(H,26,29)/t23-/m0/s1. The average molecular weight is 456 g/mol. The average Bonchev–Trinajstić information content (AvgIpc) is 2.84. The van der Waals surface area contributed by atoms with E-state index in [9.17, 15) is 13.2 Å². The SMILES string of the molecule is O=C(NCc1cccc(CN2CCCCC2)c1)[C@H]1CCCN(S(=O)(=O)c2ccccc2)C1. The van der Waals surface area contributed by atoms with E-state index in [0.717, 1.165) is 25.2 Å². The number of benzene rings is 2. The number of nitrogens with one attached hydrogen (secondary N) is 1. The molecule has 0 unspecified atom stereocenters. The second-order valence-corrected chi connectivity index (χ2v) is 10.8. The maximum absolute atomic E-state index is 12.9. The Kier molecular flexibility index (Phi) is 7.60. The number of likely N-dealkylation sites (tertiary alicyclic amines) is 1. The molecule has 2 saturated heterocycles. The molecule has 2 aliphatic heterocycles. The van der Waals surface area contributed by atoms with Crippen LogP contribution in [0.15, 0.2) is 59.5 Å². The molecular weight excluding hydrogens is 422 g/mol. The lowest BCUT2D eigenvalue weighted by Crippen LogP contribution is -2.45. The number of amides is 1. The van der Waals surface area contributed by atoms with Crippen molar-refractivity contribution >= 4 is 15.9 Å². The topological polar surface area (TPSA) is 69.7 Å². The van der Waals surface area contributed by atoms with Crippen molar-refractivity contribution < 1.29 is 13.2 Å². The van der Waals surface area contributed by atoms with Gasteiger partial charge in [-0.15, -0.1) is 0 Å². The van der Waals surface area contributed by atoms with Gasteiger partial charge in [0.15, 0.2) is 0 Å². The molecule has 0 bridgehead atoms. The first-order chi connectivity index (χ1) is 15.5. The number of carbonyl (C=O) groups excluding carboxylic acids is 1. The predicted octanol–water partition coefficient (Wildman–Crippen LogP) is 3.39. The van der Waals surface area contributed by atoms with E-state index in [0.29, 0.717) is 25.9 Å². The highest BCUT2D eigenvalue weighted by Crippen LogP contribution is 2.24. The summed E-state index contributed by atoms with van der Waals surface area (Å²) in [6.07, 6.45) is 5.27. The fraction of sp³-hybridized carbons (Fsp3) is 0.480. The number of carbonyl (C=O) groups is 1. The van der Waals surface area contributed by atoms with Gasteiger partial charge in [0.1, 0.15) is 0 Å². The molecule has 2 aromatic rings. The van der Waals surface area contributed by atoms with Gasteiger partial charge >= 0.3 is 0 Å². The minimum atomic E-state index is -3.57. The Bertz CT molecular complexity index is 1000. The van der Waals surface area contributed by atoms with Crippen molar-refractivity contribution in [1.29, 1.82) is 0 Å². The van der Waals surface area contributed by atoms with Crippen LogP contribution < -0.4 is 5.32 Å². The Morgan fingerprint density at radius 3 is 2.44 bits per heavy atom. The first-order valence-electron chi connectivity index (χ1n) is 11.7. The molecule has 2 heterocycles. The fourth-order valence-electron chi connectivity index (χ4n) is 4.66. The molecule has 0 saturated carbocycles. The summed E-state index contributed by atoms with van der Waals surface area (Å²) < 4.78 is 27.3. The van der Waals surface area contributed by atoms with Gasteiger partial charge in [0.25, 0.3) is 0 Å². The zero-order valence-electron chi connectivity index (χ0n) is 18.6. The predicted molar refractivity (Wildman–Crippen MR) is 125 cm³/mol. The Morgan fingerprint density at radius 2 is 1.66 bits per heavy atom. The van der Waals surface area contributed by atoms with Gasteiger partial charge in [0, 0.05) is 26.2 Å². The summed E-state index contributed by atoms with van der Waals surface area (Å²) in [6.45, 7) is 4.43. The van der Waals surface area contributed by atoms with E-state index in [1.54, 1.807) is 30.3 Å². The molecule has 2 aromatic carbocycles. The molecule has 4 rings (SSSR count). The third-order valence-electron chi connectivity index (χ3n) is 6.45. The molecule has 0 aromatic heterocycles. The highest BCUT2D eigenvalue weighted by Gasteiger charge is 2.33. The van der Waals surface area contributed by atoms with Crippen LogP contribution in [-0.4, -0.2) is 49.7 Å². The van der Waals surface area contributed by atoms with Gasteiger partial charge in [0.05, 0.1) is 10.8 Å². The maximum Gasteiger partial charge on any atom is 0.243 e. The number of piperidine rings is 2. The van der Waals surface area contributed by atoms with Crippen molar-refractivity contribution in [1.82, 2.24) is 14.5 Å². The van der Waals surface area contributed by atoms with Crippen LogP contribution in [0.5, 0.6) is 0 Å². The van der Waals surface area contributed by atoms with Crippen molar-refractivity contribution in [2.75, 3.05) is 26.2 Å². The highest BCUT2D eigenvalue weighted by molar-refractivity contribution is 7.89. The Hall–Kier alpha value is -2.22. The third kappa shape index (κ3) is 5.77. The number of rotatable bonds is 7. The molecule has 1 atom stereocenters. The Labute approximate surface area is 191 Å². The van der Waals surface area contributed by atoms with Crippen molar-refractivity contribution in [2.24, 2.45) is 5.92 Å². The lowest BCUT2D eigenvalue weighted by Gasteiger charge is -2.31. The minimum absolute atomic E-state index is 0.0700. The van der Waals surface area contributed by atoms with Crippen LogP contribution in [0.25, 0.3) is 0 Å². The summed E-state index contributed by atoms with van der Waals surface area (Å²) in [4.78, 5) is 15.6. The number of nitrogens with zero attached hydrogens (tertiary/aromatic N) is 2. The summed E-state index contributed by atoms with van der Waals surface area (Å²) >= 11 is 0. The molecular formula is C25H33N3O3S. The molecule has 32 heavy (non-hydrogen) atoms. The van der Waals surface area contributed by atoms with Gasteiger partial charge in [-0.2, -0.15) is 4.31 Å². The van der Waals surface area contributed by atoms with Gasteiger partial charge in [-0.05, 0) is 62.0 Å². The van der Waals surface area contributed by atoms with Crippen LogP contribution in [0.3, 0.4) is 0 Å². The lowest BCUT2D eigenvalue weighted by atomic mass is 9.98.